The SMILES string of the molecule is C=Cn1cc(CNC(CC)CCO)cn1. The molecule has 84 valence electrons. The molecule has 4 heteroatoms. The number of nitrogens with one attached hydrogen (secondary N) is 1. The fraction of sp³-hybridized carbons (Fsp3) is 0.545. The summed E-state index contributed by atoms with van der Waals surface area (Å²) >= 11 is 0. The van der Waals surface area contributed by atoms with Gasteiger partial charge in [-0.1, -0.05) is 13.5 Å². The van der Waals surface area contributed by atoms with Crippen LogP contribution in [0.4, 0.5) is 0 Å². The van der Waals surface area contributed by atoms with Gasteiger partial charge in [0.05, 0.1) is 6.20 Å². The molecule has 0 aliphatic heterocycles. The Balaban J connectivity index is 2.37. The fourth-order valence-electron chi connectivity index (χ4n) is 1.44. The van der Waals surface area contributed by atoms with Crippen molar-refractivity contribution in [1.82, 2.24) is 15.1 Å². The summed E-state index contributed by atoms with van der Waals surface area (Å²) in [4.78, 5) is 0. The van der Waals surface area contributed by atoms with Crippen molar-refractivity contribution in [3.63, 3.8) is 0 Å². The van der Waals surface area contributed by atoms with Gasteiger partial charge in [0.1, 0.15) is 0 Å². The quantitative estimate of drug-likeness (QED) is 0.710. The van der Waals surface area contributed by atoms with E-state index >= 15 is 0 Å². The van der Waals surface area contributed by atoms with E-state index in [1.54, 1.807) is 10.9 Å². The molecule has 1 aromatic heterocycles. The Hall–Kier alpha value is -1.13. The first kappa shape index (κ1) is 11.9. The number of rotatable bonds is 7. The van der Waals surface area contributed by atoms with Crippen molar-refractivity contribution in [2.24, 2.45) is 0 Å². The summed E-state index contributed by atoms with van der Waals surface area (Å²) in [5.74, 6) is 0. The Morgan fingerprint density at radius 3 is 3.07 bits per heavy atom. The van der Waals surface area contributed by atoms with Crippen LogP contribution < -0.4 is 5.32 Å². The van der Waals surface area contributed by atoms with E-state index in [2.05, 4.69) is 23.9 Å². The van der Waals surface area contributed by atoms with Crippen molar-refractivity contribution in [3.8, 4) is 0 Å². The molecule has 0 fully saturated rings. The first-order valence-electron chi connectivity index (χ1n) is 5.30. The Morgan fingerprint density at radius 1 is 1.73 bits per heavy atom. The maximum absolute atomic E-state index is 8.84. The van der Waals surface area contributed by atoms with Gasteiger partial charge in [0.15, 0.2) is 0 Å². The molecule has 15 heavy (non-hydrogen) atoms. The number of hydrogen-bond acceptors (Lipinski definition) is 3. The zero-order chi connectivity index (χ0) is 11.1. The first-order valence-corrected chi connectivity index (χ1v) is 5.30. The fourth-order valence-corrected chi connectivity index (χ4v) is 1.44. The number of aliphatic hydroxyl groups is 1. The standard InChI is InChI=1S/C11H19N3O/c1-3-11(5-6-15)12-7-10-8-13-14(4-2)9-10/h4,8-9,11-12,15H,2-3,5-7H2,1H3. The van der Waals surface area contributed by atoms with Crippen molar-refractivity contribution < 1.29 is 5.11 Å². The zero-order valence-corrected chi connectivity index (χ0v) is 9.19. The molecule has 0 saturated carbocycles. The molecule has 0 aliphatic carbocycles. The Morgan fingerprint density at radius 2 is 2.53 bits per heavy atom. The number of aliphatic hydroxyl groups excluding tert-OH is 1. The van der Waals surface area contributed by atoms with Gasteiger partial charge in [-0.05, 0) is 12.8 Å². The lowest BCUT2D eigenvalue weighted by atomic mass is 10.1. The number of aromatic nitrogens is 2. The summed E-state index contributed by atoms with van der Waals surface area (Å²) in [7, 11) is 0. The van der Waals surface area contributed by atoms with Crippen molar-refractivity contribution in [2.45, 2.75) is 32.4 Å². The van der Waals surface area contributed by atoms with Gasteiger partial charge in [0, 0.05) is 37.2 Å². The maximum atomic E-state index is 8.84. The highest BCUT2D eigenvalue weighted by molar-refractivity contribution is 5.17. The highest BCUT2D eigenvalue weighted by Crippen LogP contribution is 2.01. The molecule has 1 rings (SSSR count). The lowest BCUT2D eigenvalue weighted by molar-refractivity contribution is 0.262. The minimum absolute atomic E-state index is 0.234. The third kappa shape index (κ3) is 3.85. The second-order valence-corrected chi connectivity index (χ2v) is 3.51. The van der Waals surface area contributed by atoms with Crippen LogP contribution >= 0.6 is 0 Å². The second kappa shape index (κ2) is 6.37. The van der Waals surface area contributed by atoms with Gasteiger partial charge in [-0.2, -0.15) is 5.10 Å². The number of nitrogens with zero attached hydrogens (tertiary/aromatic N) is 2. The van der Waals surface area contributed by atoms with E-state index in [9.17, 15) is 0 Å². The van der Waals surface area contributed by atoms with Crippen molar-refractivity contribution in [2.75, 3.05) is 6.61 Å². The highest BCUT2D eigenvalue weighted by Gasteiger charge is 2.05. The smallest absolute Gasteiger partial charge is 0.0538 e. The molecular formula is C11H19N3O. The van der Waals surface area contributed by atoms with Crippen LogP contribution in [0.3, 0.4) is 0 Å². The molecule has 0 radical (unpaired) electrons. The summed E-state index contributed by atoms with van der Waals surface area (Å²) in [6.45, 7) is 6.76. The molecule has 1 atom stereocenters. The van der Waals surface area contributed by atoms with E-state index in [-0.39, 0.29) is 6.61 Å². The zero-order valence-electron chi connectivity index (χ0n) is 9.19. The third-order valence-electron chi connectivity index (χ3n) is 2.41. The van der Waals surface area contributed by atoms with E-state index in [1.165, 1.54) is 0 Å². The van der Waals surface area contributed by atoms with E-state index in [0.717, 1.165) is 24.9 Å². The molecule has 0 saturated heterocycles. The van der Waals surface area contributed by atoms with Crippen LogP contribution in [0.25, 0.3) is 6.20 Å². The van der Waals surface area contributed by atoms with Crippen LogP contribution in [-0.4, -0.2) is 27.5 Å². The third-order valence-corrected chi connectivity index (χ3v) is 2.41. The van der Waals surface area contributed by atoms with Crippen LogP contribution in [0.5, 0.6) is 0 Å². The van der Waals surface area contributed by atoms with Crippen LogP contribution in [-0.2, 0) is 6.54 Å². The predicted molar refractivity (Wildman–Crippen MR) is 61.2 cm³/mol. The molecular weight excluding hydrogens is 190 g/mol. The topological polar surface area (TPSA) is 50.1 Å². The highest BCUT2D eigenvalue weighted by atomic mass is 16.3. The molecule has 1 heterocycles. The van der Waals surface area contributed by atoms with Crippen LogP contribution in [0.1, 0.15) is 25.3 Å². The van der Waals surface area contributed by atoms with E-state index in [0.29, 0.717) is 6.04 Å². The van der Waals surface area contributed by atoms with Gasteiger partial charge >= 0.3 is 0 Å². The molecule has 1 unspecified atom stereocenters. The summed E-state index contributed by atoms with van der Waals surface area (Å²) in [5.41, 5.74) is 1.13. The summed E-state index contributed by atoms with van der Waals surface area (Å²) in [6.07, 6.45) is 7.24. The largest absolute Gasteiger partial charge is 0.396 e. The van der Waals surface area contributed by atoms with E-state index < -0.39 is 0 Å². The monoisotopic (exact) mass is 209 g/mol. The Bertz CT molecular complexity index is 296. The minimum atomic E-state index is 0.234. The molecule has 0 spiro atoms. The molecule has 0 bridgehead atoms. The summed E-state index contributed by atoms with van der Waals surface area (Å²) in [6, 6.07) is 0.377. The molecule has 1 aromatic rings. The van der Waals surface area contributed by atoms with E-state index in [4.69, 9.17) is 5.11 Å². The first-order chi connectivity index (χ1) is 7.30. The van der Waals surface area contributed by atoms with Gasteiger partial charge in [-0.25, -0.2) is 4.68 Å². The molecule has 2 N–H and O–H groups in total. The molecule has 4 nitrogen and oxygen atoms in total. The van der Waals surface area contributed by atoms with Crippen molar-refractivity contribution in [1.29, 1.82) is 0 Å². The van der Waals surface area contributed by atoms with Crippen LogP contribution in [0.2, 0.25) is 0 Å². The van der Waals surface area contributed by atoms with Gasteiger partial charge < -0.3 is 10.4 Å². The van der Waals surface area contributed by atoms with Crippen LogP contribution in [0.15, 0.2) is 19.0 Å². The van der Waals surface area contributed by atoms with Crippen LogP contribution in [0, 0.1) is 0 Å². The molecule has 0 aromatic carbocycles. The second-order valence-electron chi connectivity index (χ2n) is 3.51. The lowest BCUT2D eigenvalue weighted by Crippen LogP contribution is -2.28. The molecule has 0 aliphatic rings. The van der Waals surface area contributed by atoms with Crippen molar-refractivity contribution >= 4 is 6.20 Å². The Labute approximate surface area is 90.6 Å². The van der Waals surface area contributed by atoms with Crippen molar-refractivity contribution in [3.05, 3.63) is 24.5 Å². The van der Waals surface area contributed by atoms with E-state index in [1.807, 2.05) is 12.4 Å². The summed E-state index contributed by atoms with van der Waals surface area (Å²) < 4.78 is 1.68. The minimum Gasteiger partial charge on any atom is -0.396 e. The molecule has 0 amide bonds. The van der Waals surface area contributed by atoms with Gasteiger partial charge in [0.25, 0.3) is 0 Å². The number of hydrogen-bond donors (Lipinski definition) is 2. The lowest BCUT2D eigenvalue weighted by Gasteiger charge is -2.14. The van der Waals surface area contributed by atoms with Gasteiger partial charge in [-0.3, -0.25) is 0 Å². The average Bonchev–Trinajstić information content (AvgIpc) is 2.72. The predicted octanol–water partition coefficient (Wildman–Crippen LogP) is 1.23. The van der Waals surface area contributed by atoms with Gasteiger partial charge in [0.2, 0.25) is 0 Å². The average molecular weight is 209 g/mol. The summed E-state index contributed by atoms with van der Waals surface area (Å²) in [5, 5.41) is 16.3. The van der Waals surface area contributed by atoms with Gasteiger partial charge in [-0.15, -0.1) is 0 Å². The Kier molecular flexibility index (Phi) is 5.07. The maximum Gasteiger partial charge on any atom is 0.0538 e. The normalized spacial score (nSPS) is 12.7.